The van der Waals surface area contributed by atoms with Crippen LogP contribution in [-0.4, -0.2) is 26.3 Å². The average molecular weight is 363 g/mol. The number of rotatable bonds is 7. The lowest BCUT2D eigenvalue weighted by atomic mass is 10.1. The van der Waals surface area contributed by atoms with Crippen LogP contribution in [0, 0.1) is 0 Å². The third-order valence-electron chi connectivity index (χ3n) is 4.28. The highest BCUT2D eigenvalue weighted by Gasteiger charge is 2.29. The van der Waals surface area contributed by atoms with Gasteiger partial charge in [0.2, 0.25) is 0 Å². The van der Waals surface area contributed by atoms with Crippen molar-refractivity contribution in [1.82, 2.24) is 20.1 Å². The summed E-state index contributed by atoms with van der Waals surface area (Å²) in [5.41, 5.74) is 7.62. The zero-order valence-electron chi connectivity index (χ0n) is 15.8. The van der Waals surface area contributed by atoms with Crippen LogP contribution in [0.25, 0.3) is 10.9 Å². The van der Waals surface area contributed by atoms with Crippen LogP contribution in [0.15, 0.2) is 66.1 Å². The van der Waals surface area contributed by atoms with Gasteiger partial charge in [0.25, 0.3) is 0 Å². The number of amidine groups is 1. The fraction of sp³-hybridized carbons (Fsp3) is 0.250. The van der Waals surface area contributed by atoms with Gasteiger partial charge in [-0.25, -0.2) is 4.99 Å². The van der Waals surface area contributed by atoms with Crippen LogP contribution in [0.5, 0.6) is 0 Å². The van der Waals surface area contributed by atoms with Crippen LogP contribution < -0.4 is 16.4 Å². The lowest BCUT2D eigenvalue weighted by Crippen LogP contribution is -2.58. The molecular weight excluding hydrogens is 338 g/mol. The third kappa shape index (κ3) is 4.51. The molecule has 0 saturated carbocycles. The molecule has 3 aromatic rings. The Morgan fingerprint density at radius 2 is 2.19 bits per heavy atom. The van der Waals surface area contributed by atoms with Crippen molar-refractivity contribution in [3.05, 3.63) is 66.6 Å². The maximum absolute atomic E-state index is 6.28. The van der Waals surface area contributed by atoms with E-state index < -0.39 is 5.66 Å². The Labute approximate surface area is 159 Å². The van der Waals surface area contributed by atoms with Gasteiger partial charge in [0.1, 0.15) is 17.3 Å². The minimum absolute atomic E-state index is 0.425. The Hall–Kier alpha value is -3.19. The summed E-state index contributed by atoms with van der Waals surface area (Å²) in [6, 6.07) is 12.1. The standard InChI is InChI=1S/C20H25N7/c1-4-10-23-19(21)20(2,25-18-9-12-27(3)26-18)24-14-15-7-8-17-16(13-15)6-5-11-22-17/h4-13,24H,14H2,1-3H3,(H2,21,23)(H,25,26)/b10-4-. The summed E-state index contributed by atoms with van der Waals surface area (Å²) < 4.78 is 1.73. The largest absolute Gasteiger partial charge is 0.384 e. The van der Waals surface area contributed by atoms with Crippen LogP contribution in [0.1, 0.15) is 19.4 Å². The van der Waals surface area contributed by atoms with Crippen molar-refractivity contribution in [1.29, 1.82) is 0 Å². The van der Waals surface area contributed by atoms with Gasteiger partial charge in [-0.3, -0.25) is 15.0 Å². The number of nitrogens with two attached hydrogens (primary N) is 1. The van der Waals surface area contributed by atoms with Gasteiger partial charge in [-0.05, 0) is 37.6 Å². The average Bonchev–Trinajstić information content (AvgIpc) is 3.08. The van der Waals surface area contributed by atoms with E-state index in [1.54, 1.807) is 17.1 Å². The summed E-state index contributed by atoms with van der Waals surface area (Å²) in [6.45, 7) is 4.46. The first-order valence-corrected chi connectivity index (χ1v) is 8.81. The topological polar surface area (TPSA) is 93.1 Å². The molecule has 27 heavy (non-hydrogen) atoms. The first kappa shape index (κ1) is 18.6. The molecule has 7 nitrogen and oxygen atoms in total. The summed E-state index contributed by atoms with van der Waals surface area (Å²) in [5, 5.41) is 12.3. The molecule has 1 unspecified atom stereocenters. The van der Waals surface area contributed by atoms with E-state index in [4.69, 9.17) is 5.73 Å². The Bertz CT molecular complexity index is 973. The smallest absolute Gasteiger partial charge is 0.149 e. The molecule has 2 heterocycles. The molecule has 0 aliphatic rings. The Morgan fingerprint density at radius 1 is 1.33 bits per heavy atom. The van der Waals surface area contributed by atoms with Crippen molar-refractivity contribution >= 4 is 22.6 Å². The van der Waals surface area contributed by atoms with Crippen LogP contribution in [-0.2, 0) is 13.6 Å². The Balaban J connectivity index is 1.83. The molecule has 1 atom stereocenters. The second kappa shape index (κ2) is 8.01. The summed E-state index contributed by atoms with van der Waals surface area (Å²) in [5.74, 6) is 1.14. The number of aromatic nitrogens is 3. The van der Waals surface area contributed by atoms with Crippen LogP contribution in [0.2, 0.25) is 0 Å². The molecule has 2 aromatic heterocycles. The summed E-state index contributed by atoms with van der Waals surface area (Å²) >= 11 is 0. The maximum atomic E-state index is 6.28. The first-order valence-electron chi connectivity index (χ1n) is 8.81. The number of nitrogens with zero attached hydrogens (tertiary/aromatic N) is 4. The fourth-order valence-corrected chi connectivity index (χ4v) is 2.73. The molecule has 0 amide bonds. The normalized spacial score (nSPS) is 14.6. The molecule has 0 radical (unpaired) electrons. The van der Waals surface area contributed by atoms with E-state index in [2.05, 4.69) is 43.9 Å². The highest BCUT2D eigenvalue weighted by atomic mass is 15.3. The molecule has 0 aliphatic carbocycles. The Morgan fingerprint density at radius 3 is 2.93 bits per heavy atom. The first-order chi connectivity index (χ1) is 13.0. The number of hydrogen-bond acceptors (Lipinski definition) is 5. The second-order valence-corrected chi connectivity index (χ2v) is 6.51. The highest BCUT2D eigenvalue weighted by molar-refractivity contribution is 5.92. The second-order valence-electron chi connectivity index (χ2n) is 6.51. The highest BCUT2D eigenvalue weighted by Crippen LogP contribution is 2.16. The van der Waals surface area contributed by atoms with Gasteiger partial charge >= 0.3 is 0 Å². The van der Waals surface area contributed by atoms with Crippen molar-refractivity contribution in [2.75, 3.05) is 5.32 Å². The molecule has 1 aromatic carbocycles. The molecule has 0 aliphatic heterocycles. The van der Waals surface area contributed by atoms with E-state index in [1.807, 2.05) is 51.4 Å². The van der Waals surface area contributed by atoms with Gasteiger partial charge in [-0.2, -0.15) is 5.10 Å². The minimum atomic E-state index is -0.766. The van der Waals surface area contributed by atoms with Gasteiger partial charge in [-0.15, -0.1) is 0 Å². The SMILES string of the molecule is C/C=C\N=C(N)C(C)(NCc1ccc2ncccc2c1)Nc1ccn(C)n1. The molecule has 0 fully saturated rings. The van der Waals surface area contributed by atoms with Crippen molar-refractivity contribution in [3.63, 3.8) is 0 Å². The zero-order valence-corrected chi connectivity index (χ0v) is 15.8. The van der Waals surface area contributed by atoms with E-state index in [9.17, 15) is 0 Å². The van der Waals surface area contributed by atoms with E-state index >= 15 is 0 Å². The number of benzene rings is 1. The molecule has 7 heteroatoms. The van der Waals surface area contributed by atoms with Gasteiger partial charge in [0.05, 0.1) is 5.52 Å². The summed E-state index contributed by atoms with van der Waals surface area (Å²) in [7, 11) is 1.87. The van der Waals surface area contributed by atoms with Crippen LogP contribution in [0.4, 0.5) is 5.82 Å². The third-order valence-corrected chi connectivity index (χ3v) is 4.28. The molecule has 4 N–H and O–H groups in total. The summed E-state index contributed by atoms with van der Waals surface area (Å²) in [4.78, 5) is 8.69. The number of anilines is 1. The van der Waals surface area contributed by atoms with E-state index in [1.165, 1.54) is 0 Å². The fourth-order valence-electron chi connectivity index (χ4n) is 2.73. The Kier molecular flexibility index (Phi) is 5.52. The van der Waals surface area contributed by atoms with Crippen molar-refractivity contribution in [2.24, 2.45) is 17.8 Å². The monoisotopic (exact) mass is 363 g/mol. The molecule has 140 valence electrons. The minimum Gasteiger partial charge on any atom is -0.384 e. The van der Waals surface area contributed by atoms with Gasteiger partial charge < -0.3 is 11.1 Å². The summed E-state index contributed by atoms with van der Waals surface area (Å²) in [6.07, 6.45) is 7.19. The van der Waals surface area contributed by atoms with Crippen LogP contribution >= 0.6 is 0 Å². The predicted octanol–water partition coefficient (Wildman–Crippen LogP) is 2.78. The van der Waals surface area contributed by atoms with Crippen molar-refractivity contribution in [2.45, 2.75) is 26.1 Å². The number of aryl methyl sites for hydroxylation is 1. The van der Waals surface area contributed by atoms with Gasteiger partial charge in [0.15, 0.2) is 0 Å². The lowest BCUT2D eigenvalue weighted by molar-refractivity contribution is 0.511. The van der Waals surface area contributed by atoms with E-state index in [0.717, 1.165) is 16.5 Å². The van der Waals surface area contributed by atoms with Crippen molar-refractivity contribution in [3.8, 4) is 0 Å². The number of hydrogen-bond donors (Lipinski definition) is 3. The number of aliphatic imine (C=N–C) groups is 1. The van der Waals surface area contributed by atoms with E-state index in [0.29, 0.717) is 18.2 Å². The molecular formula is C20H25N7. The van der Waals surface area contributed by atoms with Gasteiger partial charge in [0, 0.05) is 43.6 Å². The molecule has 0 spiro atoms. The lowest BCUT2D eigenvalue weighted by Gasteiger charge is -2.31. The zero-order chi connectivity index (χ0) is 19.3. The molecule has 3 rings (SSSR count). The maximum Gasteiger partial charge on any atom is 0.149 e. The van der Waals surface area contributed by atoms with E-state index in [-0.39, 0.29) is 0 Å². The molecule has 0 bridgehead atoms. The molecule has 0 saturated heterocycles. The number of pyridine rings is 1. The number of fused-ring (bicyclic) bond motifs is 1. The van der Waals surface area contributed by atoms with Crippen molar-refractivity contribution < 1.29 is 0 Å². The predicted molar refractivity (Wildman–Crippen MR) is 110 cm³/mol. The van der Waals surface area contributed by atoms with Gasteiger partial charge in [-0.1, -0.05) is 18.2 Å². The quantitative estimate of drug-likeness (QED) is 0.341. The number of nitrogens with one attached hydrogen (secondary N) is 2. The number of allylic oxidation sites excluding steroid dienone is 1. The van der Waals surface area contributed by atoms with Crippen LogP contribution in [0.3, 0.4) is 0 Å².